The lowest BCUT2D eigenvalue weighted by molar-refractivity contribution is 1.31. The summed E-state index contributed by atoms with van der Waals surface area (Å²) >= 11 is 0. The van der Waals surface area contributed by atoms with E-state index in [0.717, 1.165) is 16.7 Å². The zero-order valence-corrected chi connectivity index (χ0v) is 8.36. The Morgan fingerprint density at radius 1 is 1.17 bits per heavy atom. The van der Waals surface area contributed by atoms with Crippen molar-refractivity contribution in [2.75, 3.05) is 0 Å². The van der Waals surface area contributed by atoms with Crippen LogP contribution in [0.2, 0.25) is 0 Å². The van der Waals surface area contributed by atoms with Gasteiger partial charge in [-0.3, -0.25) is 0 Å². The molecule has 0 saturated heterocycles. The first-order valence-electron chi connectivity index (χ1n) is 4.01. The number of hydrogen-bond donors (Lipinski definition) is 1. The molecule has 0 bridgehead atoms. The van der Waals surface area contributed by atoms with Crippen LogP contribution in [-0.4, -0.2) is 6.21 Å². The Morgan fingerprint density at radius 2 is 1.67 bits per heavy atom. The van der Waals surface area contributed by atoms with E-state index in [1.165, 1.54) is 11.8 Å². The molecule has 0 unspecified atom stereocenters. The predicted molar refractivity (Wildman–Crippen MR) is 55.7 cm³/mol. The van der Waals surface area contributed by atoms with Gasteiger partial charge < -0.3 is 5.41 Å². The van der Waals surface area contributed by atoms with Crippen molar-refractivity contribution in [2.24, 2.45) is 0 Å². The zero-order valence-electron chi connectivity index (χ0n) is 8.36. The van der Waals surface area contributed by atoms with E-state index in [1.807, 2.05) is 33.8 Å². The molecule has 1 heteroatoms. The quantitative estimate of drug-likeness (QED) is 0.486. The Kier molecular flexibility index (Phi) is 4.27. The first-order valence-corrected chi connectivity index (χ1v) is 4.01. The average Bonchev–Trinajstić information content (AvgIpc) is 2.00. The highest BCUT2D eigenvalue weighted by Gasteiger charge is 1.96. The van der Waals surface area contributed by atoms with Crippen LogP contribution < -0.4 is 0 Å². The van der Waals surface area contributed by atoms with E-state index in [-0.39, 0.29) is 0 Å². The molecule has 0 amide bonds. The fourth-order valence-electron chi connectivity index (χ4n) is 0.818. The summed E-state index contributed by atoms with van der Waals surface area (Å²) in [5, 5.41) is 7.07. The molecule has 0 aliphatic heterocycles. The van der Waals surface area contributed by atoms with Gasteiger partial charge in [-0.2, -0.15) is 0 Å². The molecule has 1 nitrogen and oxygen atoms in total. The van der Waals surface area contributed by atoms with E-state index < -0.39 is 0 Å². The molecule has 12 heavy (non-hydrogen) atoms. The van der Waals surface area contributed by atoms with Crippen molar-refractivity contribution in [1.29, 1.82) is 5.41 Å². The number of rotatable bonds is 3. The van der Waals surface area contributed by atoms with Crippen molar-refractivity contribution < 1.29 is 0 Å². The van der Waals surface area contributed by atoms with Gasteiger partial charge >= 0.3 is 0 Å². The topological polar surface area (TPSA) is 23.9 Å². The number of hydrogen-bond acceptors (Lipinski definition) is 1. The molecule has 0 aromatic rings. The molecule has 0 aliphatic rings. The van der Waals surface area contributed by atoms with Crippen LogP contribution in [0.15, 0.2) is 34.9 Å². The molecule has 66 valence electrons. The first-order chi connectivity index (χ1) is 5.49. The van der Waals surface area contributed by atoms with Gasteiger partial charge in [-0.25, -0.2) is 0 Å². The summed E-state index contributed by atoms with van der Waals surface area (Å²) in [5.74, 6) is 0. The van der Waals surface area contributed by atoms with Crippen molar-refractivity contribution in [1.82, 2.24) is 0 Å². The van der Waals surface area contributed by atoms with Crippen LogP contribution in [0.5, 0.6) is 0 Å². The second-order valence-corrected chi connectivity index (χ2v) is 3.20. The van der Waals surface area contributed by atoms with Crippen LogP contribution in [0.25, 0.3) is 0 Å². The van der Waals surface area contributed by atoms with Crippen molar-refractivity contribution in [3.8, 4) is 0 Å². The Bertz CT molecular complexity index is 250. The molecule has 0 fully saturated rings. The molecule has 0 atom stereocenters. The maximum atomic E-state index is 7.07. The minimum atomic E-state index is 0.970. The molecular formula is C11H17N. The lowest BCUT2D eigenvalue weighted by atomic mass is 10.0. The second-order valence-electron chi connectivity index (χ2n) is 3.20. The summed E-state index contributed by atoms with van der Waals surface area (Å²) in [4.78, 5) is 0. The molecule has 0 radical (unpaired) electrons. The largest absolute Gasteiger partial charge is 0.308 e. The Hall–Kier alpha value is -1.11. The lowest BCUT2D eigenvalue weighted by Crippen LogP contribution is -1.87. The minimum absolute atomic E-state index is 0.970. The Labute approximate surface area is 75.0 Å². The third kappa shape index (κ3) is 3.33. The molecule has 0 heterocycles. The van der Waals surface area contributed by atoms with Crippen LogP contribution in [0.4, 0.5) is 0 Å². The lowest BCUT2D eigenvalue weighted by Gasteiger charge is -2.03. The van der Waals surface area contributed by atoms with Gasteiger partial charge in [0.1, 0.15) is 0 Å². The van der Waals surface area contributed by atoms with E-state index >= 15 is 0 Å². The fraction of sp³-hybridized carbons (Fsp3) is 0.364. The van der Waals surface area contributed by atoms with Gasteiger partial charge in [-0.15, -0.1) is 0 Å². The smallest absolute Gasteiger partial charge is 0.0209 e. The third-order valence-electron chi connectivity index (χ3n) is 1.75. The molecule has 0 aromatic heterocycles. The van der Waals surface area contributed by atoms with Crippen LogP contribution in [0.1, 0.15) is 27.7 Å². The zero-order chi connectivity index (χ0) is 9.72. The third-order valence-corrected chi connectivity index (χ3v) is 1.75. The van der Waals surface area contributed by atoms with Crippen molar-refractivity contribution in [2.45, 2.75) is 27.7 Å². The van der Waals surface area contributed by atoms with Crippen LogP contribution in [0.3, 0.4) is 0 Å². The van der Waals surface area contributed by atoms with Crippen LogP contribution in [-0.2, 0) is 0 Å². The second kappa shape index (κ2) is 4.70. The van der Waals surface area contributed by atoms with Crippen molar-refractivity contribution in [3.05, 3.63) is 34.9 Å². The molecule has 0 aromatic carbocycles. The average molecular weight is 163 g/mol. The molecular weight excluding hydrogens is 146 g/mol. The normalized spacial score (nSPS) is 11.7. The Balaban J connectivity index is 4.73. The highest BCUT2D eigenvalue weighted by molar-refractivity contribution is 5.77. The summed E-state index contributed by atoms with van der Waals surface area (Å²) in [6, 6.07) is 0. The molecule has 0 spiro atoms. The predicted octanol–water partition coefficient (Wildman–Crippen LogP) is 3.49. The van der Waals surface area contributed by atoms with E-state index in [4.69, 9.17) is 5.41 Å². The van der Waals surface area contributed by atoms with E-state index in [2.05, 4.69) is 6.58 Å². The van der Waals surface area contributed by atoms with Crippen molar-refractivity contribution >= 4 is 6.21 Å². The summed E-state index contributed by atoms with van der Waals surface area (Å²) in [7, 11) is 0. The van der Waals surface area contributed by atoms with Crippen LogP contribution in [0, 0.1) is 5.41 Å². The van der Waals surface area contributed by atoms with Crippen LogP contribution >= 0.6 is 0 Å². The van der Waals surface area contributed by atoms with E-state index in [1.54, 1.807) is 0 Å². The molecule has 1 N–H and O–H groups in total. The maximum absolute atomic E-state index is 7.07. The van der Waals surface area contributed by atoms with E-state index in [9.17, 15) is 0 Å². The SMILES string of the molecule is C=C(C=C(C)C)/C(C)=C(/C)C=N. The minimum Gasteiger partial charge on any atom is -0.308 e. The van der Waals surface area contributed by atoms with Crippen molar-refractivity contribution in [3.63, 3.8) is 0 Å². The summed E-state index contributed by atoms with van der Waals surface area (Å²) in [6.07, 6.45) is 3.39. The molecule has 0 aliphatic carbocycles. The number of nitrogens with one attached hydrogen (secondary N) is 1. The maximum Gasteiger partial charge on any atom is 0.0209 e. The Morgan fingerprint density at radius 3 is 2.00 bits per heavy atom. The highest BCUT2D eigenvalue weighted by atomic mass is 14.3. The van der Waals surface area contributed by atoms with Gasteiger partial charge in [0.25, 0.3) is 0 Å². The highest BCUT2D eigenvalue weighted by Crippen LogP contribution is 2.13. The van der Waals surface area contributed by atoms with Gasteiger partial charge in [-0.05, 0) is 44.4 Å². The summed E-state index contributed by atoms with van der Waals surface area (Å²) < 4.78 is 0. The summed E-state index contributed by atoms with van der Waals surface area (Å²) in [6.45, 7) is 11.9. The van der Waals surface area contributed by atoms with Gasteiger partial charge in [0.05, 0.1) is 0 Å². The van der Waals surface area contributed by atoms with Gasteiger partial charge in [0.15, 0.2) is 0 Å². The molecule has 0 rings (SSSR count). The van der Waals surface area contributed by atoms with Gasteiger partial charge in [0, 0.05) is 6.21 Å². The first kappa shape index (κ1) is 10.9. The number of allylic oxidation sites excluding steroid dienone is 5. The fourth-order valence-corrected chi connectivity index (χ4v) is 0.818. The standard InChI is InChI=1S/C11H17N/c1-8(2)6-9(3)11(5)10(4)7-12/h6-7,12H,3H2,1-2,4-5H3/b11-10-,12-7?. The van der Waals surface area contributed by atoms with Gasteiger partial charge in [0.2, 0.25) is 0 Å². The van der Waals surface area contributed by atoms with E-state index in [0.29, 0.717) is 0 Å². The molecule has 0 saturated carbocycles. The monoisotopic (exact) mass is 163 g/mol. The summed E-state index contributed by atoms with van der Waals surface area (Å²) in [5.41, 5.74) is 4.29. The van der Waals surface area contributed by atoms with Gasteiger partial charge in [-0.1, -0.05) is 18.2 Å².